The predicted molar refractivity (Wildman–Crippen MR) is 68.8 cm³/mol. The van der Waals surface area contributed by atoms with Gasteiger partial charge in [-0.1, -0.05) is 26.0 Å². The van der Waals surface area contributed by atoms with E-state index in [4.69, 9.17) is 4.74 Å². The highest BCUT2D eigenvalue weighted by Crippen LogP contribution is 2.14. The molecule has 0 saturated carbocycles. The zero-order valence-electron chi connectivity index (χ0n) is 10.6. The molecule has 1 rings (SSSR count). The molecule has 1 atom stereocenters. The van der Waals surface area contributed by atoms with Gasteiger partial charge in [-0.2, -0.15) is 0 Å². The average Bonchev–Trinajstić information content (AvgIpc) is 2.31. The van der Waals surface area contributed by atoms with Crippen LogP contribution in [0.5, 0.6) is 5.75 Å². The summed E-state index contributed by atoms with van der Waals surface area (Å²) in [4.78, 5) is 0. The molecule has 0 aliphatic heterocycles. The Morgan fingerprint density at radius 2 is 1.88 bits per heavy atom. The van der Waals surface area contributed by atoms with Crippen molar-refractivity contribution in [1.29, 1.82) is 0 Å². The van der Waals surface area contributed by atoms with E-state index >= 15 is 0 Å². The van der Waals surface area contributed by atoms with Crippen molar-refractivity contribution in [2.45, 2.75) is 46.3 Å². The summed E-state index contributed by atoms with van der Waals surface area (Å²) in [5.41, 5.74) is 1.31. The number of hydrogen-bond acceptors (Lipinski definition) is 2. The Kier molecular flexibility index (Phi) is 5.94. The van der Waals surface area contributed by atoms with Gasteiger partial charge in [0, 0.05) is 6.54 Å². The molecule has 0 unspecified atom stereocenters. The highest BCUT2D eigenvalue weighted by atomic mass is 16.5. The second kappa shape index (κ2) is 7.29. The molecular formula is C14H23NO. The van der Waals surface area contributed by atoms with Gasteiger partial charge in [0.1, 0.15) is 5.75 Å². The minimum absolute atomic E-state index is 0.295. The maximum absolute atomic E-state index is 5.72. The zero-order chi connectivity index (χ0) is 11.8. The largest absolute Gasteiger partial charge is 0.491 e. The first kappa shape index (κ1) is 13.0. The first-order chi connectivity index (χ1) is 7.76. The fraction of sp³-hybridized carbons (Fsp3) is 0.571. The summed E-state index contributed by atoms with van der Waals surface area (Å²) in [5, 5.41) is 3.38. The van der Waals surface area contributed by atoms with Crippen molar-refractivity contribution in [2.24, 2.45) is 0 Å². The summed E-state index contributed by atoms with van der Waals surface area (Å²) in [6.07, 6.45) is 2.51. The Morgan fingerprint density at radius 3 is 2.44 bits per heavy atom. The lowest BCUT2D eigenvalue weighted by Crippen LogP contribution is -2.13. The molecular weight excluding hydrogens is 198 g/mol. The summed E-state index contributed by atoms with van der Waals surface area (Å²) >= 11 is 0. The van der Waals surface area contributed by atoms with Crippen LogP contribution in [0.15, 0.2) is 24.3 Å². The van der Waals surface area contributed by atoms with Crippen LogP contribution in [0, 0.1) is 0 Å². The second-order valence-electron chi connectivity index (χ2n) is 4.16. The lowest BCUT2D eigenvalue weighted by atomic mass is 10.2. The number of ether oxygens (including phenoxy) is 1. The number of rotatable bonds is 7. The van der Waals surface area contributed by atoms with Gasteiger partial charge in [-0.15, -0.1) is 0 Å². The molecule has 1 aromatic rings. The first-order valence-electron chi connectivity index (χ1n) is 6.22. The van der Waals surface area contributed by atoms with Gasteiger partial charge in [-0.05, 0) is 44.0 Å². The Labute approximate surface area is 99.0 Å². The molecule has 0 heterocycles. The van der Waals surface area contributed by atoms with Crippen molar-refractivity contribution in [3.8, 4) is 5.75 Å². The van der Waals surface area contributed by atoms with E-state index in [1.165, 1.54) is 12.0 Å². The van der Waals surface area contributed by atoms with Crippen molar-refractivity contribution in [1.82, 2.24) is 5.32 Å². The lowest BCUT2D eigenvalue weighted by Gasteiger charge is -2.12. The quantitative estimate of drug-likeness (QED) is 0.713. The van der Waals surface area contributed by atoms with Crippen LogP contribution in [-0.2, 0) is 6.54 Å². The molecule has 1 N–H and O–H groups in total. The van der Waals surface area contributed by atoms with Crippen LogP contribution in [-0.4, -0.2) is 12.6 Å². The van der Waals surface area contributed by atoms with E-state index in [9.17, 15) is 0 Å². The highest BCUT2D eigenvalue weighted by Gasteiger charge is 2.00. The van der Waals surface area contributed by atoms with E-state index in [0.29, 0.717) is 6.10 Å². The molecule has 2 heteroatoms. The topological polar surface area (TPSA) is 21.3 Å². The number of benzene rings is 1. The molecule has 0 bridgehead atoms. The third-order valence-corrected chi connectivity index (χ3v) is 2.59. The molecule has 2 nitrogen and oxygen atoms in total. The molecule has 0 spiro atoms. The third-order valence-electron chi connectivity index (χ3n) is 2.59. The van der Waals surface area contributed by atoms with Crippen molar-refractivity contribution >= 4 is 0 Å². The minimum atomic E-state index is 0.295. The summed E-state index contributed by atoms with van der Waals surface area (Å²) in [6, 6.07) is 8.35. The van der Waals surface area contributed by atoms with Crippen molar-refractivity contribution in [3.05, 3.63) is 29.8 Å². The van der Waals surface area contributed by atoms with Crippen LogP contribution in [0.2, 0.25) is 0 Å². The highest BCUT2D eigenvalue weighted by molar-refractivity contribution is 5.27. The Hall–Kier alpha value is -1.02. The smallest absolute Gasteiger partial charge is 0.119 e. The molecule has 0 radical (unpaired) electrons. The van der Waals surface area contributed by atoms with E-state index in [2.05, 4.69) is 50.4 Å². The lowest BCUT2D eigenvalue weighted by molar-refractivity contribution is 0.217. The predicted octanol–water partition coefficient (Wildman–Crippen LogP) is 3.36. The minimum Gasteiger partial charge on any atom is -0.491 e. The molecule has 0 saturated heterocycles. The van der Waals surface area contributed by atoms with E-state index in [1.807, 2.05) is 0 Å². The monoisotopic (exact) mass is 221 g/mol. The standard InChI is InChI=1S/C14H23NO/c1-4-10-15-11-13-6-8-14(9-7-13)16-12(3)5-2/h6-9,12,15H,4-5,10-11H2,1-3H3/t12-/m0/s1. The molecule has 1 aromatic carbocycles. The molecule has 0 aromatic heterocycles. The van der Waals surface area contributed by atoms with Crippen molar-refractivity contribution in [2.75, 3.05) is 6.54 Å². The molecule has 16 heavy (non-hydrogen) atoms. The van der Waals surface area contributed by atoms with E-state index < -0.39 is 0 Å². The van der Waals surface area contributed by atoms with E-state index in [1.54, 1.807) is 0 Å². The summed E-state index contributed by atoms with van der Waals surface area (Å²) in [6.45, 7) is 8.42. The molecule has 90 valence electrons. The van der Waals surface area contributed by atoms with Gasteiger partial charge in [0.25, 0.3) is 0 Å². The van der Waals surface area contributed by atoms with Crippen LogP contribution in [0.1, 0.15) is 39.2 Å². The van der Waals surface area contributed by atoms with Gasteiger partial charge in [-0.25, -0.2) is 0 Å². The van der Waals surface area contributed by atoms with Gasteiger partial charge in [0.2, 0.25) is 0 Å². The maximum atomic E-state index is 5.72. The molecule has 0 amide bonds. The van der Waals surface area contributed by atoms with Crippen LogP contribution in [0.25, 0.3) is 0 Å². The number of hydrogen-bond donors (Lipinski definition) is 1. The summed E-state index contributed by atoms with van der Waals surface area (Å²) < 4.78 is 5.72. The van der Waals surface area contributed by atoms with Crippen molar-refractivity contribution < 1.29 is 4.74 Å². The van der Waals surface area contributed by atoms with Crippen LogP contribution >= 0.6 is 0 Å². The molecule has 0 aliphatic carbocycles. The van der Waals surface area contributed by atoms with Gasteiger partial charge in [-0.3, -0.25) is 0 Å². The van der Waals surface area contributed by atoms with Crippen molar-refractivity contribution in [3.63, 3.8) is 0 Å². The zero-order valence-corrected chi connectivity index (χ0v) is 10.6. The number of nitrogens with one attached hydrogen (secondary N) is 1. The fourth-order valence-corrected chi connectivity index (χ4v) is 1.41. The maximum Gasteiger partial charge on any atom is 0.119 e. The Bertz CT molecular complexity index is 281. The molecule has 0 aliphatic rings. The average molecular weight is 221 g/mol. The Balaban J connectivity index is 2.41. The van der Waals surface area contributed by atoms with Gasteiger partial charge in [0.05, 0.1) is 6.10 Å². The normalized spacial score (nSPS) is 12.4. The van der Waals surface area contributed by atoms with Gasteiger partial charge in [0.15, 0.2) is 0 Å². The van der Waals surface area contributed by atoms with E-state index in [0.717, 1.165) is 25.3 Å². The SMILES string of the molecule is CCCNCc1ccc(O[C@@H](C)CC)cc1. The summed E-state index contributed by atoms with van der Waals surface area (Å²) in [7, 11) is 0. The van der Waals surface area contributed by atoms with Crippen LogP contribution in [0.3, 0.4) is 0 Å². The first-order valence-corrected chi connectivity index (χ1v) is 6.22. The van der Waals surface area contributed by atoms with Crippen LogP contribution in [0.4, 0.5) is 0 Å². The third kappa shape index (κ3) is 4.67. The second-order valence-corrected chi connectivity index (χ2v) is 4.16. The van der Waals surface area contributed by atoms with Gasteiger partial charge < -0.3 is 10.1 Å². The molecule has 0 fully saturated rings. The summed E-state index contributed by atoms with van der Waals surface area (Å²) in [5.74, 6) is 0.966. The van der Waals surface area contributed by atoms with Crippen LogP contribution < -0.4 is 10.1 Å². The Morgan fingerprint density at radius 1 is 1.19 bits per heavy atom. The fourth-order valence-electron chi connectivity index (χ4n) is 1.41. The van der Waals surface area contributed by atoms with Gasteiger partial charge >= 0.3 is 0 Å². The van der Waals surface area contributed by atoms with E-state index in [-0.39, 0.29) is 0 Å².